The van der Waals surface area contributed by atoms with Gasteiger partial charge in [0.2, 0.25) is 0 Å². The molecule has 2 aliphatic rings. The number of carbonyl (C=O) groups is 2. The number of piperidine rings is 1. The molecule has 0 saturated carbocycles. The van der Waals surface area contributed by atoms with E-state index in [1.165, 1.54) is 12.1 Å². The van der Waals surface area contributed by atoms with Gasteiger partial charge in [-0.2, -0.15) is 0 Å². The van der Waals surface area contributed by atoms with E-state index >= 15 is 0 Å². The van der Waals surface area contributed by atoms with Crippen LogP contribution in [0.1, 0.15) is 12.8 Å². The lowest BCUT2D eigenvalue weighted by Crippen LogP contribution is -2.51. The van der Waals surface area contributed by atoms with Crippen molar-refractivity contribution in [1.82, 2.24) is 10.2 Å². The van der Waals surface area contributed by atoms with E-state index in [4.69, 9.17) is 32.7 Å². The van der Waals surface area contributed by atoms with Gasteiger partial charge < -0.3 is 20.1 Å². The molecular formula is C23H24Cl2FN3O4. The summed E-state index contributed by atoms with van der Waals surface area (Å²) in [5, 5.41) is 6.83. The van der Waals surface area contributed by atoms with E-state index in [0.717, 1.165) is 24.6 Å². The average molecular weight is 496 g/mol. The lowest BCUT2D eigenvalue weighted by atomic mass is 10.0. The summed E-state index contributed by atoms with van der Waals surface area (Å²) >= 11 is 11.6. The molecule has 0 bridgehead atoms. The van der Waals surface area contributed by atoms with Crippen LogP contribution in [0.2, 0.25) is 10.0 Å². The van der Waals surface area contributed by atoms with Gasteiger partial charge >= 0.3 is 0 Å². The first kappa shape index (κ1) is 23.6. The van der Waals surface area contributed by atoms with Crippen molar-refractivity contribution >= 4 is 40.6 Å². The quantitative estimate of drug-likeness (QED) is 0.611. The van der Waals surface area contributed by atoms with Gasteiger partial charge in [0.05, 0.1) is 23.8 Å². The second-order valence-electron chi connectivity index (χ2n) is 8.09. The number of ether oxygens (including phenoxy) is 2. The molecule has 7 nitrogen and oxygen atoms in total. The van der Waals surface area contributed by atoms with Gasteiger partial charge in [0.25, 0.3) is 5.91 Å². The first-order valence-corrected chi connectivity index (χ1v) is 11.5. The van der Waals surface area contributed by atoms with Crippen molar-refractivity contribution in [2.75, 3.05) is 38.1 Å². The molecule has 33 heavy (non-hydrogen) atoms. The minimum atomic E-state index is -0.617. The van der Waals surface area contributed by atoms with Crippen molar-refractivity contribution in [2.45, 2.75) is 25.0 Å². The molecule has 2 aromatic rings. The molecule has 1 amide bonds. The van der Waals surface area contributed by atoms with E-state index in [1.54, 1.807) is 18.2 Å². The van der Waals surface area contributed by atoms with Gasteiger partial charge in [-0.3, -0.25) is 14.5 Å². The monoisotopic (exact) mass is 495 g/mol. The number of benzene rings is 2. The van der Waals surface area contributed by atoms with Crippen LogP contribution in [0.4, 0.5) is 10.1 Å². The summed E-state index contributed by atoms with van der Waals surface area (Å²) in [6.45, 7) is 1.82. The van der Waals surface area contributed by atoms with Gasteiger partial charge in [-0.25, -0.2) is 4.39 Å². The van der Waals surface area contributed by atoms with E-state index in [0.29, 0.717) is 30.4 Å². The number of fused-ring (bicyclic) bond motifs is 1. The molecule has 0 spiro atoms. The molecule has 0 aliphatic carbocycles. The number of likely N-dealkylation sites (tertiary alicyclic amines) is 1. The predicted octanol–water partition coefficient (Wildman–Crippen LogP) is 3.53. The Labute approximate surface area is 201 Å². The van der Waals surface area contributed by atoms with Crippen LogP contribution in [0, 0.1) is 5.82 Å². The molecule has 0 aromatic heterocycles. The van der Waals surface area contributed by atoms with Crippen molar-refractivity contribution in [3.8, 4) is 11.5 Å². The third kappa shape index (κ3) is 6.28. The molecule has 176 valence electrons. The van der Waals surface area contributed by atoms with Crippen molar-refractivity contribution < 1.29 is 23.5 Å². The van der Waals surface area contributed by atoms with Crippen LogP contribution < -0.4 is 20.1 Å². The SMILES string of the molecule is O=C(COc1ccc(Cl)c(F)c1)CN1CCC(NC(=O)C2CNc3cc(Cl)ccc3O2)CC1. The summed E-state index contributed by atoms with van der Waals surface area (Å²) in [4.78, 5) is 26.9. The standard InChI is InChI=1S/C23H24Cl2FN3O4/c24-14-1-4-21-20(9-14)27-11-22(33-21)23(31)28-15-5-7-29(8-6-15)12-16(30)13-32-17-2-3-18(25)19(26)10-17/h1-4,9-10,15,22,27H,5-8,11-13H2,(H,28,31). The summed E-state index contributed by atoms with van der Waals surface area (Å²) in [5.41, 5.74) is 0.773. The minimum Gasteiger partial charge on any atom is -0.486 e. The van der Waals surface area contributed by atoms with Crippen LogP contribution in [-0.4, -0.2) is 61.5 Å². The number of hydrogen-bond acceptors (Lipinski definition) is 6. The van der Waals surface area contributed by atoms with Crippen LogP contribution in [0.3, 0.4) is 0 Å². The van der Waals surface area contributed by atoms with Gasteiger partial charge in [-0.05, 0) is 43.2 Å². The number of nitrogens with zero attached hydrogens (tertiary/aromatic N) is 1. The summed E-state index contributed by atoms with van der Waals surface area (Å²) in [7, 11) is 0. The van der Waals surface area contributed by atoms with Crippen molar-refractivity contribution in [1.29, 1.82) is 0 Å². The highest BCUT2D eigenvalue weighted by Gasteiger charge is 2.29. The highest BCUT2D eigenvalue weighted by Crippen LogP contribution is 2.31. The maximum atomic E-state index is 13.5. The third-order valence-corrected chi connectivity index (χ3v) is 6.15. The maximum absolute atomic E-state index is 13.5. The molecule has 2 heterocycles. The highest BCUT2D eigenvalue weighted by molar-refractivity contribution is 6.31. The highest BCUT2D eigenvalue weighted by atomic mass is 35.5. The van der Waals surface area contributed by atoms with Crippen LogP contribution in [-0.2, 0) is 9.59 Å². The second kappa shape index (κ2) is 10.6. The van der Waals surface area contributed by atoms with E-state index in [2.05, 4.69) is 10.6 Å². The summed E-state index contributed by atoms with van der Waals surface area (Å²) in [5.74, 6) is 0.00256. The molecule has 1 saturated heterocycles. The van der Waals surface area contributed by atoms with Crippen LogP contribution >= 0.6 is 23.2 Å². The fourth-order valence-corrected chi connectivity index (χ4v) is 4.13. The number of amides is 1. The first-order valence-electron chi connectivity index (χ1n) is 10.7. The maximum Gasteiger partial charge on any atom is 0.263 e. The fourth-order valence-electron chi connectivity index (χ4n) is 3.84. The normalized spacial score (nSPS) is 18.6. The van der Waals surface area contributed by atoms with E-state index in [1.807, 2.05) is 4.90 Å². The Kier molecular flexibility index (Phi) is 7.57. The number of ketones is 1. The number of nitrogens with one attached hydrogen (secondary N) is 2. The fraction of sp³-hybridized carbons (Fsp3) is 0.391. The zero-order valence-electron chi connectivity index (χ0n) is 17.8. The van der Waals surface area contributed by atoms with Crippen molar-refractivity contribution in [3.63, 3.8) is 0 Å². The molecule has 2 aromatic carbocycles. The Hall–Kier alpha value is -2.55. The summed E-state index contributed by atoms with van der Waals surface area (Å²) < 4.78 is 24.6. The minimum absolute atomic E-state index is 0.00433. The smallest absolute Gasteiger partial charge is 0.263 e. The van der Waals surface area contributed by atoms with Crippen molar-refractivity contribution in [2.24, 2.45) is 0 Å². The number of hydrogen-bond donors (Lipinski definition) is 2. The van der Waals surface area contributed by atoms with Gasteiger partial charge in [-0.1, -0.05) is 23.2 Å². The topological polar surface area (TPSA) is 79.9 Å². The van der Waals surface area contributed by atoms with Crippen LogP contribution in [0.5, 0.6) is 11.5 Å². The predicted molar refractivity (Wildman–Crippen MR) is 124 cm³/mol. The Morgan fingerprint density at radius 3 is 2.73 bits per heavy atom. The first-order chi connectivity index (χ1) is 15.9. The number of halogens is 3. The molecule has 4 rings (SSSR count). The molecular weight excluding hydrogens is 472 g/mol. The van der Waals surface area contributed by atoms with Gasteiger partial charge in [0.15, 0.2) is 11.9 Å². The Morgan fingerprint density at radius 1 is 1.18 bits per heavy atom. The lowest BCUT2D eigenvalue weighted by Gasteiger charge is -2.33. The number of rotatable bonds is 7. The largest absolute Gasteiger partial charge is 0.486 e. The zero-order valence-corrected chi connectivity index (χ0v) is 19.3. The van der Waals surface area contributed by atoms with Gasteiger partial charge in [-0.15, -0.1) is 0 Å². The second-order valence-corrected chi connectivity index (χ2v) is 8.93. The molecule has 1 unspecified atom stereocenters. The lowest BCUT2D eigenvalue weighted by molar-refractivity contribution is -0.129. The number of carbonyl (C=O) groups excluding carboxylic acids is 2. The van der Waals surface area contributed by atoms with Crippen LogP contribution in [0.25, 0.3) is 0 Å². The molecule has 0 radical (unpaired) electrons. The number of anilines is 1. The summed E-state index contributed by atoms with van der Waals surface area (Å²) in [6.07, 6.45) is 0.844. The number of Topliss-reactive ketones (excluding diaryl/α,β-unsaturated/α-hetero) is 1. The van der Waals surface area contributed by atoms with Crippen LogP contribution in [0.15, 0.2) is 36.4 Å². The van der Waals surface area contributed by atoms with E-state index in [-0.39, 0.29) is 41.7 Å². The molecule has 1 atom stereocenters. The Morgan fingerprint density at radius 2 is 1.97 bits per heavy atom. The third-order valence-electron chi connectivity index (χ3n) is 5.61. The Balaban J connectivity index is 1.17. The van der Waals surface area contributed by atoms with Gasteiger partial charge in [0, 0.05) is 30.2 Å². The molecule has 1 fully saturated rings. The Bertz CT molecular complexity index is 1030. The van der Waals surface area contributed by atoms with Gasteiger partial charge in [0.1, 0.15) is 23.9 Å². The molecule has 2 N–H and O–H groups in total. The average Bonchev–Trinajstić information content (AvgIpc) is 2.80. The van der Waals surface area contributed by atoms with E-state index < -0.39 is 11.9 Å². The summed E-state index contributed by atoms with van der Waals surface area (Å²) in [6, 6.07) is 9.31. The molecule has 10 heteroatoms. The van der Waals surface area contributed by atoms with Crippen molar-refractivity contribution in [3.05, 3.63) is 52.3 Å². The zero-order chi connectivity index (χ0) is 23.4. The van der Waals surface area contributed by atoms with E-state index in [9.17, 15) is 14.0 Å². The molecule has 2 aliphatic heterocycles.